The van der Waals surface area contributed by atoms with Gasteiger partial charge in [0.2, 0.25) is 0 Å². The van der Waals surface area contributed by atoms with Crippen molar-refractivity contribution >= 4 is 27.7 Å². The molecule has 2 rings (SSSR count). The second-order valence-corrected chi connectivity index (χ2v) is 5.52. The van der Waals surface area contributed by atoms with Crippen LogP contribution in [0.2, 0.25) is 0 Å². The van der Waals surface area contributed by atoms with E-state index in [1.54, 1.807) is 0 Å². The zero-order chi connectivity index (χ0) is 12.6. The largest absolute Gasteiger partial charge is 0.493 e. The molecule has 0 aliphatic rings. The Morgan fingerprint density at radius 3 is 2.61 bits per heavy atom. The molecule has 0 spiro atoms. The Morgan fingerprint density at radius 2 is 1.83 bits per heavy atom. The zero-order valence-corrected chi connectivity index (χ0v) is 12.4. The summed E-state index contributed by atoms with van der Waals surface area (Å²) in [6.07, 6.45) is 0. The van der Waals surface area contributed by atoms with Crippen molar-refractivity contribution in [1.82, 2.24) is 0 Å². The zero-order valence-electron chi connectivity index (χ0n) is 10.0. The summed E-state index contributed by atoms with van der Waals surface area (Å²) >= 11 is 5.26. The van der Waals surface area contributed by atoms with Crippen LogP contribution in [-0.2, 0) is 5.33 Å². The number of alkyl halides is 1. The van der Waals surface area contributed by atoms with E-state index < -0.39 is 0 Å². The van der Waals surface area contributed by atoms with Crippen LogP contribution in [0.5, 0.6) is 5.75 Å². The van der Waals surface area contributed by atoms with Crippen LogP contribution in [0.15, 0.2) is 59.5 Å². The second kappa shape index (κ2) is 7.49. The van der Waals surface area contributed by atoms with E-state index in [1.807, 2.05) is 30.0 Å². The second-order valence-electron chi connectivity index (χ2n) is 3.79. The van der Waals surface area contributed by atoms with E-state index in [0.29, 0.717) is 0 Å². The molecule has 3 heteroatoms. The van der Waals surface area contributed by atoms with Crippen LogP contribution in [0.4, 0.5) is 0 Å². The molecule has 0 fully saturated rings. The summed E-state index contributed by atoms with van der Waals surface area (Å²) in [6, 6.07) is 18.6. The summed E-state index contributed by atoms with van der Waals surface area (Å²) in [5, 5.41) is 0.864. The molecular formula is C15H15BrOS. The molecule has 2 aromatic rings. The van der Waals surface area contributed by atoms with Gasteiger partial charge in [-0.15, -0.1) is 11.8 Å². The average Bonchev–Trinajstić information content (AvgIpc) is 2.45. The van der Waals surface area contributed by atoms with Gasteiger partial charge in [-0.3, -0.25) is 0 Å². The fourth-order valence-electron chi connectivity index (χ4n) is 1.55. The summed E-state index contributed by atoms with van der Waals surface area (Å²) < 4.78 is 5.73. The van der Waals surface area contributed by atoms with Gasteiger partial charge in [-0.25, -0.2) is 0 Å². The van der Waals surface area contributed by atoms with E-state index in [2.05, 4.69) is 52.3 Å². The van der Waals surface area contributed by atoms with Gasteiger partial charge < -0.3 is 4.74 Å². The summed E-state index contributed by atoms with van der Waals surface area (Å²) in [5.74, 6) is 1.91. The van der Waals surface area contributed by atoms with Gasteiger partial charge in [0.05, 0.1) is 6.61 Å². The van der Waals surface area contributed by atoms with Crippen molar-refractivity contribution < 1.29 is 4.74 Å². The predicted molar refractivity (Wildman–Crippen MR) is 81.7 cm³/mol. The van der Waals surface area contributed by atoms with Gasteiger partial charge in [-0.2, -0.15) is 0 Å². The highest BCUT2D eigenvalue weighted by atomic mass is 79.9. The maximum atomic E-state index is 5.73. The SMILES string of the molecule is BrCc1cccc(OCCSc2ccccc2)c1. The van der Waals surface area contributed by atoms with Crippen molar-refractivity contribution in [2.75, 3.05) is 12.4 Å². The number of halogens is 1. The lowest BCUT2D eigenvalue weighted by atomic mass is 10.2. The van der Waals surface area contributed by atoms with Crippen molar-refractivity contribution in [2.45, 2.75) is 10.2 Å². The third kappa shape index (κ3) is 4.39. The third-order valence-electron chi connectivity index (χ3n) is 2.42. The molecule has 0 unspecified atom stereocenters. The van der Waals surface area contributed by atoms with Gasteiger partial charge in [0.15, 0.2) is 0 Å². The normalized spacial score (nSPS) is 10.3. The van der Waals surface area contributed by atoms with E-state index in [4.69, 9.17) is 4.74 Å². The molecular weight excluding hydrogens is 308 g/mol. The van der Waals surface area contributed by atoms with Crippen LogP contribution in [0, 0.1) is 0 Å². The number of hydrogen-bond acceptors (Lipinski definition) is 2. The standard InChI is InChI=1S/C15H15BrOS/c16-12-13-5-4-6-14(11-13)17-9-10-18-15-7-2-1-3-8-15/h1-8,11H,9-10,12H2. The van der Waals surface area contributed by atoms with Crippen LogP contribution < -0.4 is 4.74 Å². The number of ether oxygens (including phenoxy) is 1. The van der Waals surface area contributed by atoms with Crippen LogP contribution >= 0.6 is 27.7 Å². The average molecular weight is 323 g/mol. The molecule has 0 heterocycles. The van der Waals surface area contributed by atoms with Crippen molar-refractivity contribution in [3.05, 3.63) is 60.2 Å². The molecule has 0 radical (unpaired) electrons. The van der Waals surface area contributed by atoms with E-state index in [0.717, 1.165) is 23.4 Å². The smallest absolute Gasteiger partial charge is 0.119 e. The maximum absolute atomic E-state index is 5.73. The first-order valence-corrected chi connectivity index (χ1v) is 7.95. The van der Waals surface area contributed by atoms with Crippen molar-refractivity contribution in [3.8, 4) is 5.75 Å². The Kier molecular flexibility index (Phi) is 5.62. The summed E-state index contributed by atoms with van der Waals surface area (Å²) in [5.41, 5.74) is 1.24. The molecule has 1 nitrogen and oxygen atoms in total. The molecule has 0 aromatic heterocycles. The lowest BCUT2D eigenvalue weighted by Crippen LogP contribution is -2.00. The monoisotopic (exact) mass is 322 g/mol. The van der Waals surface area contributed by atoms with Crippen molar-refractivity contribution in [2.24, 2.45) is 0 Å². The molecule has 18 heavy (non-hydrogen) atoms. The molecule has 0 saturated heterocycles. The van der Waals surface area contributed by atoms with Gasteiger partial charge in [-0.1, -0.05) is 46.3 Å². The van der Waals surface area contributed by atoms with Crippen LogP contribution in [-0.4, -0.2) is 12.4 Å². The van der Waals surface area contributed by atoms with E-state index in [-0.39, 0.29) is 0 Å². The molecule has 0 saturated carbocycles. The maximum Gasteiger partial charge on any atom is 0.119 e. The van der Waals surface area contributed by atoms with Crippen LogP contribution in [0.1, 0.15) is 5.56 Å². The lowest BCUT2D eigenvalue weighted by Gasteiger charge is -2.07. The first-order valence-electron chi connectivity index (χ1n) is 5.84. The molecule has 0 bridgehead atoms. The van der Waals surface area contributed by atoms with Gasteiger partial charge in [0, 0.05) is 16.0 Å². The molecule has 0 N–H and O–H groups in total. The molecule has 0 aliphatic carbocycles. The van der Waals surface area contributed by atoms with Crippen molar-refractivity contribution in [1.29, 1.82) is 0 Å². The van der Waals surface area contributed by atoms with Gasteiger partial charge in [0.1, 0.15) is 5.75 Å². The minimum Gasteiger partial charge on any atom is -0.493 e. The highest BCUT2D eigenvalue weighted by molar-refractivity contribution is 9.08. The molecule has 0 aliphatic heterocycles. The number of rotatable bonds is 6. The minimum absolute atomic E-state index is 0.727. The van der Waals surface area contributed by atoms with E-state index in [9.17, 15) is 0 Å². The fraction of sp³-hybridized carbons (Fsp3) is 0.200. The predicted octanol–water partition coefficient (Wildman–Crippen LogP) is 4.75. The van der Waals surface area contributed by atoms with Crippen LogP contribution in [0.3, 0.4) is 0 Å². The van der Waals surface area contributed by atoms with Gasteiger partial charge in [-0.05, 0) is 29.8 Å². The molecule has 0 atom stereocenters. The van der Waals surface area contributed by atoms with Crippen LogP contribution in [0.25, 0.3) is 0 Å². The van der Waals surface area contributed by atoms with Gasteiger partial charge in [0.25, 0.3) is 0 Å². The van der Waals surface area contributed by atoms with Gasteiger partial charge >= 0.3 is 0 Å². The Labute approximate surface area is 121 Å². The number of benzene rings is 2. The Bertz CT molecular complexity index is 473. The topological polar surface area (TPSA) is 9.23 Å². The highest BCUT2D eigenvalue weighted by Gasteiger charge is 1.97. The number of hydrogen-bond donors (Lipinski definition) is 0. The van der Waals surface area contributed by atoms with E-state index >= 15 is 0 Å². The summed E-state index contributed by atoms with van der Waals surface area (Å²) in [6.45, 7) is 0.727. The molecule has 94 valence electrons. The molecule has 0 amide bonds. The molecule has 2 aromatic carbocycles. The van der Waals surface area contributed by atoms with Crippen molar-refractivity contribution in [3.63, 3.8) is 0 Å². The third-order valence-corrected chi connectivity index (χ3v) is 4.04. The summed E-state index contributed by atoms with van der Waals surface area (Å²) in [4.78, 5) is 1.29. The Balaban J connectivity index is 1.75. The van der Waals surface area contributed by atoms with E-state index in [1.165, 1.54) is 10.5 Å². The first kappa shape index (κ1) is 13.5. The Hall–Kier alpha value is -0.930. The summed E-state index contributed by atoms with van der Waals surface area (Å²) in [7, 11) is 0. The Morgan fingerprint density at radius 1 is 1.00 bits per heavy atom. The first-order chi connectivity index (χ1) is 8.88. The number of thioether (sulfide) groups is 1. The quantitative estimate of drug-likeness (QED) is 0.431. The highest BCUT2D eigenvalue weighted by Crippen LogP contribution is 2.18. The lowest BCUT2D eigenvalue weighted by molar-refractivity contribution is 0.343. The minimum atomic E-state index is 0.727. The fourth-order valence-corrected chi connectivity index (χ4v) is 2.65.